The molecule has 3 aromatic rings. The number of hydrogen-bond acceptors (Lipinski definition) is 4. The maximum absolute atomic E-state index is 11.1. The number of phenols is 1. The first-order valence-corrected chi connectivity index (χ1v) is 6.45. The van der Waals surface area contributed by atoms with Gasteiger partial charge in [0.25, 0.3) is 0 Å². The predicted octanol–water partition coefficient (Wildman–Crippen LogP) is 4.77. The largest absolute Gasteiger partial charge is 0.508 e. The molecule has 0 saturated carbocycles. The molecule has 0 aliphatic rings. The van der Waals surface area contributed by atoms with E-state index in [9.17, 15) is 9.90 Å². The minimum atomic E-state index is 0.190. The van der Waals surface area contributed by atoms with Gasteiger partial charge in [-0.05, 0) is 41.8 Å². The first-order valence-electron chi connectivity index (χ1n) is 6.45. The molecule has 0 bridgehead atoms. The first-order chi connectivity index (χ1) is 10.3. The predicted molar refractivity (Wildman–Crippen MR) is 81.6 cm³/mol. The number of benzene rings is 3. The highest BCUT2D eigenvalue weighted by atomic mass is 16.3. The molecule has 0 spiro atoms. The number of aromatic hydroxyl groups is 1. The number of hydrogen-bond donors (Lipinski definition) is 1. The summed E-state index contributed by atoms with van der Waals surface area (Å²) in [6.07, 6.45) is 0.837. The van der Waals surface area contributed by atoms with Crippen LogP contribution in [0.4, 0.5) is 11.4 Å². The quantitative estimate of drug-likeness (QED) is 0.553. The summed E-state index contributed by atoms with van der Waals surface area (Å²) in [6.45, 7) is 0. The third-order valence-corrected chi connectivity index (χ3v) is 3.18. The van der Waals surface area contributed by atoms with Crippen LogP contribution in [0.25, 0.3) is 10.8 Å². The molecule has 3 aromatic carbocycles. The lowest BCUT2D eigenvalue weighted by Crippen LogP contribution is -1.83. The van der Waals surface area contributed by atoms with Gasteiger partial charge in [-0.2, -0.15) is 5.11 Å². The lowest BCUT2D eigenvalue weighted by atomic mass is 10.0. The van der Waals surface area contributed by atoms with Crippen LogP contribution in [0.2, 0.25) is 0 Å². The van der Waals surface area contributed by atoms with E-state index in [2.05, 4.69) is 10.2 Å². The second-order valence-electron chi connectivity index (χ2n) is 4.55. The fraction of sp³-hybridized carbons (Fsp3) is 0. The topological polar surface area (TPSA) is 62.0 Å². The summed E-state index contributed by atoms with van der Waals surface area (Å²) in [4.78, 5) is 11.1. The lowest BCUT2D eigenvalue weighted by molar-refractivity contribution is 0.112. The molecule has 4 nitrogen and oxygen atoms in total. The average molecular weight is 276 g/mol. The van der Waals surface area contributed by atoms with Crippen molar-refractivity contribution in [2.24, 2.45) is 10.2 Å². The monoisotopic (exact) mass is 276 g/mol. The van der Waals surface area contributed by atoms with Crippen LogP contribution in [0, 0.1) is 0 Å². The van der Waals surface area contributed by atoms with Crippen LogP contribution >= 0.6 is 0 Å². The Morgan fingerprint density at radius 2 is 1.52 bits per heavy atom. The molecule has 0 unspecified atom stereocenters. The minimum Gasteiger partial charge on any atom is -0.508 e. The van der Waals surface area contributed by atoms with Crippen molar-refractivity contribution in [1.29, 1.82) is 0 Å². The van der Waals surface area contributed by atoms with Gasteiger partial charge in [-0.25, -0.2) is 0 Å². The molecule has 0 radical (unpaired) electrons. The molecule has 0 aromatic heterocycles. The van der Waals surface area contributed by atoms with Gasteiger partial charge in [-0.15, -0.1) is 5.11 Å². The van der Waals surface area contributed by atoms with Gasteiger partial charge in [0.1, 0.15) is 5.75 Å². The van der Waals surface area contributed by atoms with Gasteiger partial charge in [0.15, 0.2) is 6.29 Å². The van der Waals surface area contributed by atoms with Gasteiger partial charge in [-0.1, -0.05) is 24.3 Å². The molecule has 0 saturated heterocycles. The Morgan fingerprint density at radius 1 is 0.810 bits per heavy atom. The van der Waals surface area contributed by atoms with Crippen molar-refractivity contribution in [3.8, 4) is 5.75 Å². The Morgan fingerprint density at radius 3 is 2.24 bits per heavy atom. The smallest absolute Gasteiger partial charge is 0.150 e. The SMILES string of the molecule is O=Cc1ccc(N=Nc2ccc(O)cc2)c2ccccc12. The summed E-state index contributed by atoms with van der Waals surface area (Å²) in [5, 5.41) is 19.4. The third kappa shape index (κ3) is 2.65. The van der Waals surface area contributed by atoms with E-state index in [1.54, 1.807) is 36.4 Å². The molecule has 0 amide bonds. The second-order valence-corrected chi connectivity index (χ2v) is 4.55. The van der Waals surface area contributed by atoms with Crippen molar-refractivity contribution in [3.63, 3.8) is 0 Å². The highest BCUT2D eigenvalue weighted by Gasteiger charge is 2.04. The van der Waals surface area contributed by atoms with Crippen molar-refractivity contribution in [1.82, 2.24) is 0 Å². The van der Waals surface area contributed by atoms with Crippen molar-refractivity contribution in [2.75, 3.05) is 0 Å². The van der Waals surface area contributed by atoms with E-state index in [0.717, 1.165) is 17.1 Å². The molecule has 0 atom stereocenters. The molecule has 4 heteroatoms. The Labute approximate surface area is 121 Å². The van der Waals surface area contributed by atoms with E-state index >= 15 is 0 Å². The van der Waals surface area contributed by atoms with Gasteiger partial charge >= 0.3 is 0 Å². The van der Waals surface area contributed by atoms with Crippen LogP contribution in [-0.2, 0) is 0 Å². The van der Waals surface area contributed by atoms with Crippen LogP contribution < -0.4 is 0 Å². The summed E-state index contributed by atoms with van der Waals surface area (Å²) in [5.74, 6) is 0.190. The summed E-state index contributed by atoms with van der Waals surface area (Å²) in [7, 11) is 0. The third-order valence-electron chi connectivity index (χ3n) is 3.18. The summed E-state index contributed by atoms with van der Waals surface area (Å²) >= 11 is 0. The molecule has 1 N–H and O–H groups in total. The maximum Gasteiger partial charge on any atom is 0.150 e. The Bertz CT molecular complexity index is 824. The van der Waals surface area contributed by atoms with Crippen molar-refractivity contribution in [3.05, 3.63) is 66.2 Å². The molecule has 0 fully saturated rings. The van der Waals surface area contributed by atoms with Gasteiger partial charge < -0.3 is 5.11 Å². The van der Waals surface area contributed by atoms with Gasteiger partial charge in [0.05, 0.1) is 11.4 Å². The number of carbonyl (C=O) groups excluding carboxylic acids is 1. The molecule has 21 heavy (non-hydrogen) atoms. The highest BCUT2D eigenvalue weighted by Crippen LogP contribution is 2.29. The number of fused-ring (bicyclic) bond motifs is 1. The number of carbonyl (C=O) groups is 1. The molecule has 0 aliphatic carbocycles. The standard InChI is InChI=1S/C17H12N2O2/c20-11-12-5-10-17(16-4-2-1-3-15(12)16)19-18-13-6-8-14(21)9-7-13/h1-11,21H. The van der Waals surface area contributed by atoms with E-state index in [-0.39, 0.29) is 5.75 Å². The normalized spacial score (nSPS) is 11.0. The van der Waals surface area contributed by atoms with E-state index in [0.29, 0.717) is 16.9 Å². The molecular weight excluding hydrogens is 264 g/mol. The van der Waals surface area contributed by atoms with Crippen LogP contribution in [0.5, 0.6) is 5.75 Å². The molecule has 0 heterocycles. The molecular formula is C17H12N2O2. The Hall–Kier alpha value is -3.01. The Balaban J connectivity index is 2.05. The zero-order chi connectivity index (χ0) is 14.7. The summed E-state index contributed by atoms with van der Waals surface area (Å²) < 4.78 is 0. The van der Waals surface area contributed by atoms with Crippen LogP contribution in [0.3, 0.4) is 0 Å². The van der Waals surface area contributed by atoms with Crippen molar-refractivity contribution < 1.29 is 9.90 Å². The number of azo groups is 1. The lowest BCUT2D eigenvalue weighted by Gasteiger charge is -2.03. The van der Waals surface area contributed by atoms with E-state index < -0.39 is 0 Å². The first kappa shape index (κ1) is 13.0. The van der Waals surface area contributed by atoms with Crippen LogP contribution in [0.1, 0.15) is 10.4 Å². The van der Waals surface area contributed by atoms with Crippen LogP contribution in [-0.4, -0.2) is 11.4 Å². The number of nitrogens with zero attached hydrogens (tertiary/aromatic N) is 2. The van der Waals surface area contributed by atoms with Gasteiger partial charge in [0, 0.05) is 10.9 Å². The average Bonchev–Trinajstić information content (AvgIpc) is 2.54. The van der Waals surface area contributed by atoms with Crippen molar-refractivity contribution >= 4 is 28.4 Å². The number of aldehydes is 1. The van der Waals surface area contributed by atoms with E-state index in [4.69, 9.17) is 0 Å². The number of phenolic OH excluding ortho intramolecular Hbond substituents is 1. The van der Waals surface area contributed by atoms with Gasteiger partial charge in [0.2, 0.25) is 0 Å². The number of rotatable bonds is 3. The fourth-order valence-corrected chi connectivity index (χ4v) is 2.13. The Kier molecular flexibility index (Phi) is 3.43. The highest BCUT2D eigenvalue weighted by molar-refractivity contribution is 6.03. The zero-order valence-electron chi connectivity index (χ0n) is 11.1. The molecule has 102 valence electrons. The van der Waals surface area contributed by atoms with Crippen LogP contribution in [0.15, 0.2) is 70.9 Å². The molecule has 3 rings (SSSR count). The van der Waals surface area contributed by atoms with E-state index in [1.807, 2.05) is 24.3 Å². The van der Waals surface area contributed by atoms with E-state index in [1.165, 1.54) is 0 Å². The summed E-state index contributed by atoms with van der Waals surface area (Å²) in [5.41, 5.74) is 1.98. The molecule has 0 aliphatic heterocycles. The fourth-order valence-electron chi connectivity index (χ4n) is 2.13. The van der Waals surface area contributed by atoms with Gasteiger partial charge in [-0.3, -0.25) is 4.79 Å². The van der Waals surface area contributed by atoms with Crippen molar-refractivity contribution in [2.45, 2.75) is 0 Å². The zero-order valence-corrected chi connectivity index (χ0v) is 11.1. The minimum absolute atomic E-state index is 0.190. The second kappa shape index (κ2) is 5.54. The summed E-state index contributed by atoms with van der Waals surface area (Å²) in [6, 6.07) is 17.6. The maximum atomic E-state index is 11.1.